The first kappa shape index (κ1) is 23.0. The van der Waals surface area contributed by atoms with E-state index in [1.807, 2.05) is 12.1 Å². The smallest absolute Gasteiger partial charge is 0.288 e. The number of fused-ring (bicyclic) bond motifs is 1. The number of rotatable bonds is 6. The Labute approximate surface area is 189 Å². The summed E-state index contributed by atoms with van der Waals surface area (Å²) >= 11 is 6.22. The molecular weight excluding hydrogens is 438 g/mol. The molecule has 1 aromatic heterocycles. The van der Waals surface area contributed by atoms with E-state index in [1.165, 1.54) is 11.6 Å². The Morgan fingerprint density at radius 3 is 2.47 bits per heavy atom. The summed E-state index contributed by atoms with van der Waals surface area (Å²) in [6, 6.07) is 11.3. The molecule has 1 fully saturated rings. The summed E-state index contributed by atoms with van der Waals surface area (Å²) in [4.78, 5) is 3.12. The van der Waals surface area contributed by atoms with E-state index in [4.69, 9.17) is 21.1 Å². The molecular formula is C23H26ClNO7. The lowest BCUT2D eigenvalue weighted by Gasteiger charge is -2.45. The van der Waals surface area contributed by atoms with E-state index < -0.39 is 37.0 Å². The summed E-state index contributed by atoms with van der Waals surface area (Å²) in [6.07, 6.45) is -3.66. The van der Waals surface area contributed by atoms with Gasteiger partial charge in [-0.3, -0.25) is 0 Å². The number of halogens is 1. The molecule has 3 aromatic rings. The van der Waals surface area contributed by atoms with Crippen LogP contribution in [0.25, 0.3) is 10.9 Å². The first-order valence-electron chi connectivity index (χ1n) is 10.4. The first-order chi connectivity index (χ1) is 15.3. The number of benzene rings is 2. The van der Waals surface area contributed by atoms with E-state index in [-0.39, 0.29) is 5.75 Å². The van der Waals surface area contributed by atoms with Crippen molar-refractivity contribution in [2.45, 2.75) is 50.2 Å². The van der Waals surface area contributed by atoms with Crippen molar-refractivity contribution in [3.63, 3.8) is 0 Å². The monoisotopic (exact) mass is 463 g/mol. The van der Waals surface area contributed by atoms with Crippen molar-refractivity contribution in [1.29, 1.82) is 0 Å². The van der Waals surface area contributed by atoms with E-state index in [1.54, 1.807) is 12.3 Å². The summed E-state index contributed by atoms with van der Waals surface area (Å²) < 4.78 is 10.7. The summed E-state index contributed by atoms with van der Waals surface area (Å²) in [5.41, 5.74) is 3.76. The molecule has 0 spiro atoms. The molecule has 4 rings (SSSR count). The minimum Gasteiger partial charge on any atom is -0.453 e. The van der Waals surface area contributed by atoms with Gasteiger partial charge in [0.05, 0.1) is 12.1 Å². The van der Waals surface area contributed by atoms with Gasteiger partial charge in [-0.1, -0.05) is 42.8 Å². The maximum atomic E-state index is 10.9. The Balaban J connectivity index is 1.71. The lowest BCUT2D eigenvalue weighted by molar-refractivity contribution is -0.385. The van der Waals surface area contributed by atoms with Gasteiger partial charge in [0.15, 0.2) is 6.10 Å². The van der Waals surface area contributed by atoms with Crippen LogP contribution in [0, 0.1) is 0 Å². The highest BCUT2D eigenvalue weighted by Crippen LogP contribution is 2.38. The van der Waals surface area contributed by atoms with Crippen molar-refractivity contribution in [1.82, 2.24) is 4.98 Å². The van der Waals surface area contributed by atoms with E-state index in [2.05, 4.69) is 24.0 Å². The van der Waals surface area contributed by atoms with Crippen LogP contribution in [-0.4, -0.2) is 67.5 Å². The van der Waals surface area contributed by atoms with Crippen LogP contribution in [0.5, 0.6) is 5.75 Å². The number of nitrogens with one attached hydrogen (secondary N) is 1. The molecule has 1 saturated heterocycles. The van der Waals surface area contributed by atoms with Crippen LogP contribution >= 0.6 is 11.6 Å². The van der Waals surface area contributed by atoms with Gasteiger partial charge in [0.25, 0.3) is 5.79 Å². The molecule has 32 heavy (non-hydrogen) atoms. The van der Waals surface area contributed by atoms with Crippen molar-refractivity contribution in [2.75, 3.05) is 6.61 Å². The van der Waals surface area contributed by atoms with Crippen molar-refractivity contribution in [3.05, 3.63) is 64.3 Å². The fraction of sp³-hybridized carbons (Fsp3) is 0.391. The van der Waals surface area contributed by atoms with Crippen LogP contribution in [0.2, 0.25) is 5.02 Å². The average molecular weight is 464 g/mol. The van der Waals surface area contributed by atoms with Crippen LogP contribution in [-0.2, 0) is 17.6 Å². The molecule has 0 radical (unpaired) electrons. The minimum absolute atomic E-state index is 0.0905. The molecule has 2 aromatic carbocycles. The van der Waals surface area contributed by atoms with Gasteiger partial charge in [-0.15, -0.1) is 0 Å². The second kappa shape index (κ2) is 8.99. The molecule has 5 atom stereocenters. The van der Waals surface area contributed by atoms with Gasteiger partial charge in [-0.2, -0.15) is 0 Å². The number of aromatic nitrogens is 1. The summed E-state index contributed by atoms with van der Waals surface area (Å²) in [6.45, 7) is 1.43. The van der Waals surface area contributed by atoms with Gasteiger partial charge in [0, 0.05) is 16.6 Å². The summed E-state index contributed by atoms with van der Waals surface area (Å²) in [5.74, 6) is -2.60. The summed E-state index contributed by atoms with van der Waals surface area (Å²) in [5, 5.41) is 52.0. The molecule has 2 heterocycles. The van der Waals surface area contributed by atoms with E-state index >= 15 is 0 Å². The van der Waals surface area contributed by atoms with Crippen LogP contribution < -0.4 is 4.74 Å². The predicted octanol–water partition coefficient (Wildman–Crippen LogP) is 1.47. The largest absolute Gasteiger partial charge is 0.453 e. The number of ether oxygens (including phenoxy) is 2. The Morgan fingerprint density at radius 1 is 1.12 bits per heavy atom. The van der Waals surface area contributed by atoms with Gasteiger partial charge < -0.3 is 40.0 Å². The highest BCUT2D eigenvalue weighted by Gasteiger charge is 2.57. The van der Waals surface area contributed by atoms with Gasteiger partial charge in [0.2, 0.25) is 6.29 Å². The molecule has 0 saturated carbocycles. The minimum atomic E-state index is -2.69. The molecule has 8 nitrogen and oxygen atoms in total. The Morgan fingerprint density at radius 2 is 1.81 bits per heavy atom. The highest BCUT2D eigenvalue weighted by molar-refractivity contribution is 6.31. The lowest BCUT2D eigenvalue weighted by atomic mass is 9.95. The molecule has 0 amide bonds. The van der Waals surface area contributed by atoms with Crippen LogP contribution in [0.4, 0.5) is 0 Å². The zero-order valence-electron chi connectivity index (χ0n) is 17.4. The normalized spacial score (nSPS) is 28.2. The average Bonchev–Trinajstić information content (AvgIpc) is 3.18. The molecule has 0 bridgehead atoms. The van der Waals surface area contributed by atoms with Crippen LogP contribution in [0.3, 0.4) is 0 Å². The van der Waals surface area contributed by atoms with Gasteiger partial charge in [-0.25, -0.2) is 0 Å². The number of aryl methyl sites for hydroxylation is 1. The first-order valence-corrected chi connectivity index (χ1v) is 10.7. The van der Waals surface area contributed by atoms with Crippen molar-refractivity contribution >= 4 is 22.5 Å². The third kappa shape index (κ3) is 4.11. The Hall–Kier alpha value is -2.17. The van der Waals surface area contributed by atoms with Crippen molar-refractivity contribution < 1.29 is 35.0 Å². The second-order valence-electron chi connectivity index (χ2n) is 7.99. The van der Waals surface area contributed by atoms with Crippen LogP contribution in [0.15, 0.2) is 42.6 Å². The zero-order chi connectivity index (χ0) is 23.0. The van der Waals surface area contributed by atoms with Gasteiger partial charge >= 0.3 is 0 Å². The Kier molecular flexibility index (Phi) is 6.46. The highest BCUT2D eigenvalue weighted by atomic mass is 35.5. The summed E-state index contributed by atoms with van der Waals surface area (Å²) in [7, 11) is 0. The molecule has 0 unspecified atom stereocenters. The number of aromatic amines is 1. The molecule has 9 heteroatoms. The molecule has 0 aliphatic carbocycles. The number of aliphatic hydroxyl groups excluding tert-OH is 4. The van der Waals surface area contributed by atoms with E-state index in [9.17, 15) is 25.5 Å². The number of H-pyrrole nitrogens is 1. The van der Waals surface area contributed by atoms with E-state index in [0.717, 1.165) is 17.5 Å². The fourth-order valence-corrected chi connectivity index (χ4v) is 4.18. The van der Waals surface area contributed by atoms with E-state index in [0.29, 0.717) is 22.3 Å². The molecule has 1 aliphatic rings. The third-order valence-corrected chi connectivity index (χ3v) is 6.07. The third-order valence-electron chi connectivity index (χ3n) is 5.85. The standard InChI is InChI=1S/C23H26ClNO7/c1-2-12-3-5-13(6-4-12)7-14-10-25-16-8-15(24)9-17(19(14)16)32-23(30)21(28)20(27)18(11-26)31-22(23)29/h3-6,8-10,18,20-22,25-30H,2,7,11H2,1H3/t18-,20-,21+,22+,23+/m1/s1. The van der Waals surface area contributed by atoms with Gasteiger partial charge in [-0.05, 0) is 41.7 Å². The van der Waals surface area contributed by atoms with Crippen molar-refractivity contribution in [3.8, 4) is 5.75 Å². The number of hydrogen-bond acceptors (Lipinski definition) is 7. The predicted molar refractivity (Wildman–Crippen MR) is 117 cm³/mol. The lowest BCUT2D eigenvalue weighted by Crippen LogP contribution is -2.69. The van der Waals surface area contributed by atoms with Gasteiger partial charge in [0.1, 0.15) is 18.0 Å². The van der Waals surface area contributed by atoms with Crippen molar-refractivity contribution in [2.24, 2.45) is 0 Å². The number of hydrogen-bond donors (Lipinski definition) is 6. The quantitative estimate of drug-likeness (QED) is 0.305. The fourth-order valence-electron chi connectivity index (χ4n) is 3.97. The Bertz CT molecular complexity index is 1090. The molecule has 172 valence electrons. The van der Waals surface area contributed by atoms with Crippen LogP contribution in [0.1, 0.15) is 23.6 Å². The molecule has 6 N–H and O–H groups in total. The second-order valence-corrected chi connectivity index (χ2v) is 8.42. The maximum Gasteiger partial charge on any atom is 0.288 e. The number of aliphatic hydroxyl groups is 5. The molecule has 1 aliphatic heterocycles. The zero-order valence-corrected chi connectivity index (χ0v) is 18.2. The SMILES string of the molecule is CCc1ccc(Cc2c[nH]c3cc(Cl)cc(O[C@]4(O)[C@@H](O)O[C@H](CO)[C@@H](O)[C@@H]4O)c23)cc1. The topological polar surface area (TPSA) is 135 Å². The maximum absolute atomic E-state index is 10.9.